The van der Waals surface area contributed by atoms with Crippen molar-refractivity contribution in [2.24, 2.45) is 5.73 Å². The van der Waals surface area contributed by atoms with Gasteiger partial charge in [-0.1, -0.05) is 6.07 Å². The molecule has 0 radical (unpaired) electrons. The number of aryl methyl sites for hydroxylation is 1. The van der Waals surface area contributed by atoms with E-state index >= 15 is 0 Å². The molecule has 2 N–H and O–H groups in total. The van der Waals surface area contributed by atoms with Gasteiger partial charge in [0.25, 0.3) is 0 Å². The minimum absolute atomic E-state index is 0.376. The highest BCUT2D eigenvalue weighted by Gasteiger charge is 2.49. The Kier molecular flexibility index (Phi) is 3.85. The minimum atomic E-state index is -0.891. The Balaban J connectivity index is 1.99. The van der Waals surface area contributed by atoms with E-state index in [9.17, 15) is 4.79 Å². The Morgan fingerprint density at radius 3 is 2.91 bits per heavy atom. The lowest BCUT2D eigenvalue weighted by Crippen LogP contribution is -2.51. The molecule has 0 bridgehead atoms. The van der Waals surface area contributed by atoms with Crippen LogP contribution in [0.3, 0.4) is 0 Å². The van der Waals surface area contributed by atoms with Gasteiger partial charge in [-0.25, -0.2) is 0 Å². The number of rotatable bonds is 4. The maximum atomic E-state index is 12.3. The summed E-state index contributed by atoms with van der Waals surface area (Å²) in [6, 6.07) is 3.93. The van der Waals surface area contributed by atoms with Crippen molar-refractivity contribution >= 4 is 5.91 Å². The summed E-state index contributed by atoms with van der Waals surface area (Å²) in [6.07, 6.45) is 8.16. The Hall–Kier alpha value is -2.34. The molecule has 0 unspecified atom stereocenters. The van der Waals surface area contributed by atoms with E-state index in [0.717, 1.165) is 24.2 Å². The highest BCUT2D eigenvalue weighted by atomic mass is 16.1. The van der Waals surface area contributed by atoms with Gasteiger partial charge in [-0.3, -0.25) is 24.6 Å². The van der Waals surface area contributed by atoms with Gasteiger partial charge in [-0.15, -0.1) is 0 Å². The Morgan fingerprint density at radius 2 is 2.23 bits per heavy atom. The summed E-state index contributed by atoms with van der Waals surface area (Å²) >= 11 is 0. The summed E-state index contributed by atoms with van der Waals surface area (Å²) in [6.45, 7) is 3.38. The molecule has 1 aliphatic heterocycles. The first kappa shape index (κ1) is 14.6. The minimum Gasteiger partial charge on any atom is -0.368 e. The summed E-state index contributed by atoms with van der Waals surface area (Å²) in [4.78, 5) is 27.3. The van der Waals surface area contributed by atoms with Gasteiger partial charge in [-0.2, -0.15) is 0 Å². The third-order valence-corrected chi connectivity index (χ3v) is 4.36. The number of primary amides is 1. The van der Waals surface area contributed by atoms with E-state index in [0.29, 0.717) is 18.7 Å². The fourth-order valence-corrected chi connectivity index (χ4v) is 3.16. The maximum absolute atomic E-state index is 12.3. The van der Waals surface area contributed by atoms with Crippen LogP contribution in [0.5, 0.6) is 0 Å². The number of carbonyl (C=O) groups is 1. The molecule has 2 aromatic rings. The maximum Gasteiger partial charge on any atom is 0.244 e. The first-order valence-electron chi connectivity index (χ1n) is 7.36. The lowest BCUT2D eigenvalue weighted by molar-refractivity contribution is -0.129. The number of hydrogen-bond donors (Lipinski definition) is 1. The van der Waals surface area contributed by atoms with Crippen LogP contribution < -0.4 is 5.73 Å². The van der Waals surface area contributed by atoms with Crippen molar-refractivity contribution in [3.05, 3.63) is 53.9 Å². The molecule has 0 aromatic carbocycles. The van der Waals surface area contributed by atoms with Crippen LogP contribution in [0.2, 0.25) is 0 Å². The number of amides is 1. The predicted octanol–water partition coefficient (Wildman–Crippen LogP) is 1.16. The molecule has 1 atom stereocenters. The second-order valence-corrected chi connectivity index (χ2v) is 5.61. The van der Waals surface area contributed by atoms with Crippen molar-refractivity contribution in [1.29, 1.82) is 0 Å². The summed E-state index contributed by atoms with van der Waals surface area (Å²) in [5.41, 5.74) is 7.57. The number of likely N-dealkylation sites (tertiary alicyclic amines) is 1. The van der Waals surface area contributed by atoms with Crippen molar-refractivity contribution in [2.45, 2.75) is 31.8 Å². The van der Waals surface area contributed by atoms with E-state index in [2.05, 4.69) is 19.9 Å². The zero-order valence-electron chi connectivity index (χ0n) is 12.6. The molecule has 0 spiro atoms. The predicted molar refractivity (Wildman–Crippen MR) is 81.5 cm³/mol. The van der Waals surface area contributed by atoms with Crippen LogP contribution in [-0.2, 0) is 16.9 Å². The number of carbonyl (C=O) groups excluding carboxylic acids is 1. The van der Waals surface area contributed by atoms with Crippen LogP contribution in [0.1, 0.15) is 29.8 Å². The largest absolute Gasteiger partial charge is 0.368 e. The zero-order chi connectivity index (χ0) is 15.6. The summed E-state index contributed by atoms with van der Waals surface area (Å²) < 4.78 is 0. The standard InChI is InChI=1S/C16H19N5O/c1-12-4-2-6-19-13(12)11-21-9-3-5-16(21,15(17)22)14-10-18-7-8-20-14/h2,4,6-8,10H,3,5,9,11H2,1H3,(H2,17,22)/t16-/m1/s1. The van der Waals surface area contributed by atoms with E-state index in [-0.39, 0.29) is 5.91 Å². The number of nitrogens with two attached hydrogens (primary N) is 1. The van der Waals surface area contributed by atoms with Crippen molar-refractivity contribution in [2.75, 3.05) is 6.54 Å². The van der Waals surface area contributed by atoms with Crippen LogP contribution in [-0.4, -0.2) is 32.3 Å². The van der Waals surface area contributed by atoms with Crippen molar-refractivity contribution in [3.8, 4) is 0 Å². The van der Waals surface area contributed by atoms with Gasteiger partial charge in [-0.05, 0) is 31.4 Å². The average Bonchev–Trinajstić information content (AvgIpc) is 2.95. The first-order chi connectivity index (χ1) is 10.6. The lowest BCUT2D eigenvalue weighted by atomic mass is 9.91. The molecule has 3 heterocycles. The normalized spacial score (nSPS) is 21.9. The van der Waals surface area contributed by atoms with E-state index in [4.69, 9.17) is 5.73 Å². The average molecular weight is 297 g/mol. The molecule has 114 valence electrons. The number of hydrogen-bond acceptors (Lipinski definition) is 5. The molecule has 3 rings (SSSR count). The van der Waals surface area contributed by atoms with Crippen LogP contribution in [0.25, 0.3) is 0 Å². The molecule has 6 nitrogen and oxygen atoms in total. The van der Waals surface area contributed by atoms with Gasteiger partial charge in [0, 0.05) is 31.7 Å². The molecule has 22 heavy (non-hydrogen) atoms. The summed E-state index contributed by atoms with van der Waals surface area (Å²) in [5, 5.41) is 0. The van der Waals surface area contributed by atoms with Crippen LogP contribution in [0, 0.1) is 6.92 Å². The third-order valence-electron chi connectivity index (χ3n) is 4.36. The first-order valence-corrected chi connectivity index (χ1v) is 7.36. The molecule has 6 heteroatoms. The smallest absolute Gasteiger partial charge is 0.244 e. The molecule has 1 aliphatic rings. The topological polar surface area (TPSA) is 85.0 Å². The molecule has 0 saturated carbocycles. The van der Waals surface area contributed by atoms with Gasteiger partial charge < -0.3 is 5.73 Å². The van der Waals surface area contributed by atoms with E-state index in [1.165, 1.54) is 0 Å². The number of aromatic nitrogens is 3. The lowest BCUT2D eigenvalue weighted by Gasteiger charge is -2.35. The molecule has 2 aromatic heterocycles. The molecule has 1 fully saturated rings. The van der Waals surface area contributed by atoms with Crippen LogP contribution in [0.4, 0.5) is 0 Å². The van der Waals surface area contributed by atoms with Gasteiger partial charge in [0.15, 0.2) is 0 Å². The van der Waals surface area contributed by atoms with Crippen LogP contribution >= 0.6 is 0 Å². The van der Waals surface area contributed by atoms with E-state index in [1.54, 1.807) is 24.8 Å². The molecular weight excluding hydrogens is 278 g/mol. The highest BCUT2D eigenvalue weighted by molar-refractivity contribution is 5.86. The fourth-order valence-electron chi connectivity index (χ4n) is 3.16. The second kappa shape index (κ2) is 5.81. The summed E-state index contributed by atoms with van der Waals surface area (Å²) in [7, 11) is 0. The van der Waals surface area contributed by atoms with E-state index in [1.807, 2.05) is 19.1 Å². The summed E-state index contributed by atoms with van der Waals surface area (Å²) in [5.74, 6) is -0.376. The van der Waals surface area contributed by atoms with Crippen molar-refractivity contribution in [1.82, 2.24) is 19.9 Å². The van der Waals surface area contributed by atoms with Crippen molar-refractivity contribution in [3.63, 3.8) is 0 Å². The van der Waals surface area contributed by atoms with Gasteiger partial charge in [0.05, 0.1) is 17.6 Å². The monoisotopic (exact) mass is 297 g/mol. The third kappa shape index (κ3) is 2.35. The molecule has 1 saturated heterocycles. The quantitative estimate of drug-likeness (QED) is 0.915. The second-order valence-electron chi connectivity index (χ2n) is 5.61. The number of pyridine rings is 1. The van der Waals surface area contributed by atoms with Gasteiger partial charge >= 0.3 is 0 Å². The Bertz CT molecular complexity index is 675. The van der Waals surface area contributed by atoms with Gasteiger partial charge in [0.1, 0.15) is 5.54 Å². The Labute approximate surface area is 129 Å². The highest BCUT2D eigenvalue weighted by Crippen LogP contribution is 2.38. The zero-order valence-corrected chi connectivity index (χ0v) is 12.6. The number of nitrogens with zero attached hydrogens (tertiary/aromatic N) is 4. The van der Waals surface area contributed by atoms with Crippen LogP contribution in [0.15, 0.2) is 36.9 Å². The van der Waals surface area contributed by atoms with Gasteiger partial charge in [0.2, 0.25) is 5.91 Å². The molecule has 1 amide bonds. The molecular formula is C16H19N5O. The van der Waals surface area contributed by atoms with Crippen molar-refractivity contribution < 1.29 is 4.79 Å². The van der Waals surface area contributed by atoms with E-state index < -0.39 is 5.54 Å². The molecule has 0 aliphatic carbocycles. The SMILES string of the molecule is Cc1cccnc1CN1CCC[C@]1(C(N)=O)c1cnccn1. The Morgan fingerprint density at radius 1 is 1.36 bits per heavy atom. The fraction of sp³-hybridized carbons (Fsp3) is 0.375.